The van der Waals surface area contributed by atoms with Gasteiger partial charge in [-0.1, -0.05) is 43.2 Å². The third kappa shape index (κ3) is 5.13. The van der Waals surface area contributed by atoms with Crippen LogP contribution in [0.5, 0.6) is 0 Å². The SMILES string of the molecule is Cl.Cl.O=C(NC1CCN(Cc2ccccc2)C1)C1CC2CCCCC2N1. The molecule has 2 aliphatic heterocycles. The molecule has 3 aliphatic rings. The van der Waals surface area contributed by atoms with Crippen LogP contribution in [-0.2, 0) is 11.3 Å². The molecule has 0 bridgehead atoms. The van der Waals surface area contributed by atoms with Gasteiger partial charge >= 0.3 is 0 Å². The van der Waals surface area contributed by atoms with E-state index in [9.17, 15) is 4.79 Å². The Hall–Kier alpha value is -0.810. The van der Waals surface area contributed by atoms with Gasteiger partial charge in [-0.15, -0.1) is 24.8 Å². The van der Waals surface area contributed by atoms with Crippen LogP contribution in [0.4, 0.5) is 0 Å². The maximum Gasteiger partial charge on any atom is 0.237 e. The number of likely N-dealkylation sites (tertiary alicyclic amines) is 1. The van der Waals surface area contributed by atoms with Gasteiger partial charge in [0.1, 0.15) is 0 Å². The molecule has 26 heavy (non-hydrogen) atoms. The van der Waals surface area contributed by atoms with E-state index >= 15 is 0 Å². The number of nitrogens with zero attached hydrogens (tertiary/aromatic N) is 1. The summed E-state index contributed by atoms with van der Waals surface area (Å²) in [6, 6.07) is 11.5. The average molecular weight is 400 g/mol. The smallest absolute Gasteiger partial charge is 0.237 e. The minimum atomic E-state index is 0. The van der Waals surface area contributed by atoms with Crippen LogP contribution in [-0.4, -0.2) is 42.0 Å². The lowest BCUT2D eigenvalue weighted by Gasteiger charge is -2.24. The van der Waals surface area contributed by atoms with E-state index in [-0.39, 0.29) is 36.8 Å². The summed E-state index contributed by atoms with van der Waals surface area (Å²) in [7, 11) is 0. The zero-order valence-corrected chi connectivity index (χ0v) is 16.9. The first-order chi connectivity index (χ1) is 11.8. The van der Waals surface area contributed by atoms with Crippen molar-refractivity contribution in [1.29, 1.82) is 0 Å². The van der Waals surface area contributed by atoms with E-state index in [0.717, 1.165) is 38.4 Å². The summed E-state index contributed by atoms with van der Waals surface area (Å²) in [5.41, 5.74) is 1.35. The molecular formula is C20H31Cl2N3O. The van der Waals surface area contributed by atoms with Gasteiger partial charge in [-0.25, -0.2) is 0 Å². The monoisotopic (exact) mass is 399 g/mol. The summed E-state index contributed by atoms with van der Waals surface area (Å²) in [6.45, 7) is 3.03. The lowest BCUT2D eigenvalue weighted by atomic mass is 9.85. The molecule has 1 aromatic carbocycles. The minimum Gasteiger partial charge on any atom is -0.351 e. The summed E-state index contributed by atoms with van der Waals surface area (Å²) < 4.78 is 0. The maximum absolute atomic E-state index is 12.6. The Morgan fingerprint density at radius 3 is 2.65 bits per heavy atom. The zero-order chi connectivity index (χ0) is 16.4. The number of hydrogen-bond donors (Lipinski definition) is 2. The number of fused-ring (bicyclic) bond motifs is 1. The molecule has 2 N–H and O–H groups in total. The molecule has 4 nitrogen and oxygen atoms in total. The van der Waals surface area contributed by atoms with Gasteiger partial charge < -0.3 is 10.6 Å². The molecule has 6 heteroatoms. The third-order valence-electron chi connectivity index (χ3n) is 6.05. The molecule has 0 radical (unpaired) electrons. The summed E-state index contributed by atoms with van der Waals surface area (Å²) >= 11 is 0. The van der Waals surface area contributed by atoms with Crippen molar-refractivity contribution >= 4 is 30.7 Å². The van der Waals surface area contributed by atoms with Crippen molar-refractivity contribution < 1.29 is 4.79 Å². The van der Waals surface area contributed by atoms with E-state index in [1.54, 1.807) is 0 Å². The molecule has 0 spiro atoms. The predicted octanol–water partition coefficient (Wildman–Crippen LogP) is 3.14. The van der Waals surface area contributed by atoms with Crippen molar-refractivity contribution in [3.8, 4) is 0 Å². The quantitative estimate of drug-likeness (QED) is 0.816. The van der Waals surface area contributed by atoms with Crippen LogP contribution in [0.2, 0.25) is 0 Å². The highest BCUT2D eigenvalue weighted by Gasteiger charge is 2.39. The zero-order valence-electron chi connectivity index (χ0n) is 15.2. The molecule has 0 aromatic heterocycles. The Morgan fingerprint density at radius 2 is 1.88 bits per heavy atom. The molecule has 146 valence electrons. The maximum atomic E-state index is 12.6. The lowest BCUT2D eigenvalue weighted by Crippen LogP contribution is -2.47. The van der Waals surface area contributed by atoms with Crippen LogP contribution in [0, 0.1) is 5.92 Å². The van der Waals surface area contributed by atoms with Gasteiger partial charge in [0.25, 0.3) is 0 Å². The molecule has 1 saturated carbocycles. The number of carbonyl (C=O) groups excluding carboxylic acids is 1. The van der Waals surface area contributed by atoms with Gasteiger partial charge in [-0.2, -0.15) is 0 Å². The fourth-order valence-electron chi connectivity index (χ4n) is 4.76. The minimum absolute atomic E-state index is 0. The number of nitrogens with one attached hydrogen (secondary N) is 2. The Bertz CT molecular complexity index is 557. The Labute approximate surface area is 169 Å². The number of benzene rings is 1. The van der Waals surface area contributed by atoms with Gasteiger partial charge in [0, 0.05) is 31.7 Å². The van der Waals surface area contributed by atoms with Crippen LogP contribution < -0.4 is 10.6 Å². The summed E-state index contributed by atoms with van der Waals surface area (Å²) in [4.78, 5) is 15.1. The van der Waals surface area contributed by atoms with Crippen molar-refractivity contribution in [1.82, 2.24) is 15.5 Å². The summed E-state index contributed by atoms with van der Waals surface area (Å²) in [5, 5.41) is 6.90. The molecule has 3 fully saturated rings. The molecule has 4 atom stereocenters. The van der Waals surface area contributed by atoms with Crippen molar-refractivity contribution in [3.63, 3.8) is 0 Å². The third-order valence-corrected chi connectivity index (χ3v) is 6.05. The molecule has 4 rings (SSSR count). The molecule has 2 saturated heterocycles. The number of amides is 1. The molecule has 4 unspecified atom stereocenters. The molecular weight excluding hydrogens is 369 g/mol. The van der Waals surface area contributed by atoms with Crippen molar-refractivity contribution in [2.24, 2.45) is 5.92 Å². The van der Waals surface area contributed by atoms with Crippen LogP contribution >= 0.6 is 24.8 Å². The topological polar surface area (TPSA) is 44.4 Å². The second-order valence-electron chi connectivity index (χ2n) is 7.82. The molecule has 1 aromatic rings. The van der Waals surface area contributed by atoms with Gasteiger partial charge in [-0.05, 0) is 37.2 Å². The van der Waals surface area contributed by atoms with Crippen molar-refractivity contribution in [3.05, 3.63) is 35.9 Å². The summed E-state index contributed by atoms with van der Waals surface area (Å²) in [6.07, 6.45) is 7.32. The van der Waals surface area contributed by atoms with Gasteiger partial charge in [-0.3, -0.25) is 9.69 Å². The van der Waals surface area contributed by atoms with Crippen LogP contribution in [0.3, 0.4) is 0 Å². The van der Waals surface area contributed by atoms with Crippen molar-refractivity contribution in [2.75, 3.05) is 13.1 Å². The normalized spacial score (nSPS) is 30.8. The Balaban J connectivity index is 0.00000121. The van der Waals surface area contributed by atoms with Gasteiger partial charge in [0.2, 0.25) is 5.91 Å². The predicted molar refractivity (Wildman–Crippen MR) is 110 cm³/mol. The first-order valence-electron chi connectivity index (χ1n) is 9.60. The van der Waals surface area contributed by atoms with Crippen molar-refractivity contribution in [2.45, 2.75) is 63.2 Å². The number of rotatable bonds is 4. The lowest BCUT2D eigenvalue weighted by molar-refractivity contribution is -0.123. The number of hydrogen-bond acceptors (Lipinski definition) is 3. The Morgan fingerprint density at radius 1 is 1.12 bits per heavy atom. The van der Waals surface area contributed by atoms with E-state index < -0.39 is 0 Å². The number of carbonyl (C=O) groups is 1. The number of halogens is 2. The van der Waals surface area contributed by atoms with Crippen LogP contribution in [0.15, 0.2) is 30.3 Å². The Kier molecular flexibility index (Phi) is 8.21. The van der Waals surface area contributed by atoms with E-state index in [1.807, 2.05) is 0 Å². The highest BCUT2D eigenvalue weighted by atomic mass is 35.5. The van der Waals surface area contributed by atoms with E-state index in [0.29, 0.717) is 12.1 Å². The molecule has 2 heterocycles. The second-order valence-corrected chi connectivity index (χ2v) is 7.82. The van der Waals surface area contributed by atoms with Gasteiger partial charge in [0.05, 0.1) is 6.04 Å². The van der Waals surface area contributed by atoms with Crippen LogP contribution in [0.1, 0.15) is 44.1 Å². The summed E-state index contributed by atoms with van der Waals surface area (Å²) in [5.74, 6) is 0.962. The first-order valence-corrected chi connectivity index (χ1v) is 9.60. The highest BCUT2D eigenvalue weighted by Crippen LogP contribution is 2.33. The highest BCUT2D eigenvalue weighted by molar-refractivity contribution is 5.85. The standard InChI is InChI=1S/C20H29N3O.2ClH/c24-20(19-12-16-8-4-5-9-18(16)22-19)21-17-10-11-23(14-17)13-15-6-2-1-3-7-15;;/h1-3,6-7,16-19,22H,4-5,8-14H2,(H,21,24);2*1H. The van der Waals surface area contributed by atoms with E-state index in [1.165, 1.54) is 31.2 Å². The van der Waals surface area contributed by atoms with E-state index in [2.05, 4.69) is 45.9 Å². The largest absolute Gasteiger partial charge is 0.351 e. The molecule has 1 amide bonds. The molecule has 1 aliphatic carbocycles. The van der Waals surface area contributed by atoms with E-state index in [4.69, 9.17) is 0 Å². The van der Waals surface area contributed by atoms with Crippen LogP contribution in [0.25, 0.3) is 0 Å². The van der Waals surface area contributed by atoms with Gasteiger partial charge in [0.15, 0.2) is 0 Å². The average Bonchev–Trinajstić information content (AvgIpc) is 3.22. The fraction of sp³-hybridized carbons (Fsp3) is 0.650. The fourth-order valence-corrected chi connectivity index (χ4v) is 4.76. The second kappa shape index (κ2) is 9.93. The first kappa shape index (κ1) is 21.5.